The number of unbranched alkanes of at least 4 members (excludes halogenated alkanes) is 2. The van der Waals surface area contributed by atoms with E-state index in [4.69, 9.17) is 5.84 Å². The van der Waals surface area contributed by atoms with Crippen LogP contribution < -0.4 is 5.84 Å². The van der Waals surface area contributed by atoms with E-state index in [1.807, 2.05) is 6.26 Å². The fraction of sp³-hybridized carbons (Fsp3) is 0.583. The average Bonchev–Trinajstić information content (AvgIpc) is 2.77. The van der Waals surface area contributed by atoms with Gasteiger partial charge in [0.05, 0.1) is 11.4 Å². The van der Waals surface area contributed by atoms with Gasteiger partial charge in [-0.15, -0.1) is 11.8 Å². The number of hydrazine groups is 1. The van der Waals surface area contributed by atoms with Crippen LogP contribution in [0, 0.1) is 0 Å². The lowest BCUT2D eigenvalue weighted by atomic mass is 10.3. The first-order valence-electron chi connectivity index (χ1n) is 6.56. The van der Waals surface area contributed by atoms with Crippen LogP contribution in [0.5, 0.6) is 0 Å². The third kappa shape index (κ3) is 3.02. The molecule has 0 aliphatic carbocycles. The van der Waals surface area contributed by atoms with E-state index in [1.165, 1.54) is 16.8 Å². The van der Waals surface area contributed by atoms with Crippen molar-refractivity contribution in [2.75, 3.05) is 12.0 Å². The van der Waals surface area contributed by atoms with E-state index in [0.29, 0.717) is 28.7 Å². The molecule has 2 heterocycles. The standard InChI is InChI=1S/C12H20N4O2S2/c1-3-4-5-8-20(17,18)11-10-6-7-15(13)9-16(10)14-12(11)19-2/h6-7H,3-5,8-9,13H2,1-2H3. The van der Waals surface area contributed by atoms with Crippen LogP contribution in [0.2, 0.25) is 0 Å². The molecule has 1 aromatic heterocycles. The predicted octanol–water partition coefficient (Wildman–Crippen LogP) is 1.69. The molecule has 0 radical (unpaired) electrons. The van der Waals surface area contributed by atoms with E-state index in [0.717, 1.165) is 12.8 Å². The van der Waals surface area contributed by atoms with Gasteiger partial charge in [-0.05, 0) is 18.8 Å². The third-order valence-electron chi connectivity index (χ3n) is 3.16. The van der Waals surface area contributed by atoms with Gasteiger partial charge < -0.3 is 0 Å². The van der Waals surface area contributed by atoms with E-state index >= 15 is 0 Å². The van der Waals surface area contributed by atoms with Crippen LogP contribution in [0.15, 0.2) is 16.1 Å². The summed E-state index contributed by atoms with van der Waals surface area (Å²) >= 11 is 1.35. The Balaban J connectivity index is 2.39. The number of thioether (sulfide) groups is 1. The quantitative estimate of drug-likeness (QED) is 0.488. The number of aromatic nitrogens is 2. The predicted molar refractivity (Wildman–Crippen MR) is 80.6 cm³/mol. The summed E-state index contributed by atoms with van der Waals surface area (Å²) in [4.78, 5) is 0.352. The van der Waals surface area contributed by atoms with Gasteiger partial charge in [0, 0.05) is 6.20 Å². The second-order valence-electron chi connectivity index (χ2n) is 4.72. The Bertz CT molecular complexity index is 607. The van der Waals surface area contributed by atoms with Gasteiger partial charge in [0.15, 0.2) is 9.84 Å². The van der Waals surface area contributed by atoms with E-state index in [1.54, 1.807) is 17.0 Å². The van der Waals surface area contributed by atoms with Crippen molar-refractivity contribution in [2.24, 2.45) is 5.84 Å². The van der Waals surface area contributed by atoms with Gasteiger partial charge in [0.2, 0.25) is 0 Å². The number of nitrogens with two attached hydrogens (primary N) is 1. The summed E-state index contributed by atoms with van der Waals surface area (Å²) in [7, 11) is -3.31. The molecule has 1 aliphatic rings. The highest BCUT2D eigenvalue weighted by atomic mass is 32.2. The zero-order chi connectivity index (χ0) is 14.8. The minimum absolute atomic E-state index is 0.174. The molecule has 0 bridgehead atoms. The first-order valence-corrected chi connectivity index (χ1v) is 9.44. The van der Waals surface area contributed by atoms with Gasteiger partial charge in [-0.3, -0.25) is 5.01 Å². The number of hydrogen-bond donors (Lipinski definition) is 1. The van der Waals surface area contributed by atoms with Crippen molar-refractivity contribution in [3.8, 4) is 0 Å². The minimum Gasteiger partial charge on any atom is -0.297 e. The molecule has 20 heavy (non-hydrogen) atoms. The molecule has 112 valence electrons. The normalized spacial score (nSPS) is 14.7. The van der Waals surface area contributed by atoms with Gasteiger partial charge in [-0.1, -0.05) is 19.8 Å². The fourth-order valence-electron chi connectivity index (χ4n) is 2.14. The minimum atomic E-state index is -3.31. The topological polar surface area (TPSA) is 81.2 Å². The van der Waals surface area contributed by atoms with E-state index in [-0.39, 0.29) is 5.75 Å². The molecule has 0 fully saturated rings. The highest BCUT2D eigenvalue weighted by Crippen LogP contribution is 2.31. The summed E-state index contributed by atoms with van der Waals surface area (Å²) in [6, 6.07) is 0. The molecule has 8 heteroatoms. The Morgan fingerprint density at radius 3 is 2.85 bits per heavy atom. The summed E-state index contributed by atoms with van der Waals surface area (Å²) in [6.45, 7) is 2.42. The Hall–Kier alpha value is -0.990. The highest BCUT2D eigenvalue weighted by Gasteiger charge is 2.28. The molecule has 0 saturated carbocycles. The largest absolute Gasteiger partial charge is 0.297 e. The van der Waals surface area contributed by atoms with Crippen LogP contribution in [-0.2, 0) is 16.5 Å². The van der Waals surface area contributed by atoms with Gasteiger partial charge in [-0.25, -0.2) is 18.9 Å². The molecule has 6 nitrogen and oxygen atoms in total. The van der Waals surface area contributed by atoms with E-state index in [9.17, 15) is 8.42 Å². The Morgan fingerprint density at radius 1 is 1.45 bits per heavy atom. The maximum absolute atomic E-state index is 12.6. The average molecular weight is 316 g/mol. The first kappa shape index (κ1) is 15.4. The Labute approximate surface area is 123 Å². The molecule has 0 saturated heterocycles. The number of nitrogens with zero attached hydrogens (tertiary/aromatic N) is 3. The van der Waals surface area contributed by atoms with Crippen LogP contribution in [-0.4, -0.2) is 35.2 Å². The molecule has 0 spiro atoms. The SMILES string of the molecule is CCCCCS(=O)(=O)c1c(SC)nn2c1C=CN(N)C2. The lowest BCUT2D eigenvalue weighted by Crippen LogP contribution is -2.31. The Morgan fingerprint density at radius 2 is 2.20 bits per heavy atom. The fourth-order valence-corrected chi connectivity index (χ4v) is 4.83. The number of rotatable bonds is 6. The summed E-state index contributed by atoms with van der Waals surface area (Å²) in [5.41, 5.74) is 0.632. The van der Waals surface area contributed by atoms with Crippen molar-refractivity contribution in [3.05, 3.63) is 11.9 Å². The third-order valence-corrected chi connectivity index (χ3v) is 5.81. The van der Waals surface area contributed by atoms with Gasteiger partial charge in [0.1, 0.15) is 16.6 Å². The van der Waals surface area contributed by atoms with Crippen molar-refractivity contribution in [1.82, 2.24) is 14.8 Å². The molecule has 0 aromatic carbocycles. The van der Waals surface area contributed by atoms with Gasteiger partial charge >= 0.3 is 0 Å². The summed E-state index contributed by atoms with van der Waals surface area (Å²) in [6.07, 6.45) is 7.82. The molecule has 0 atom stereocenters. The van der Waals surface area contributed by atoms with Crippen molar-refractivity contribution >= 4 is 27.7 Å². The highest BCUT2D eigenvalue weighted by molar-refractivity contribution is 7.99. The lowest BCUT2D eigenvalue weighted by molar-refractivity contribution is 0.287. The molecule has 1 aliphatic heterocycles. The maximum Gasteiger partial charge on any atom is 0.183 e. The molecule has 2 rings (SSSR count). The summed E-state index contributed by atoms with van der Waals surface area (Å²) < 4.78 is 26.7. The summed E-state index contributed by atoms with van der Waals surface area (Å²) in [5, 5.41) is 6.36. The maximum atomic E-state index is 12.6. The zero-order valence-electron chi connectivity index (χ0n) is 11.7. The van der Waals surface area contributed by atoms with E-state index < -0.39 is 9.84 Å². The molecular weight excluding hydrogens is 296 g/mol. The second-order valence-corrected chi connectivity index (χ2v) is 7.56. The van der Waals surface area contributed by atoms with Crippen LogP contribution in [0.3, 0.4) is 0 Å². The number of fused-ring (bicyclic) bond motifs is 1. The van der Waals surface area contributed by atoms with Crippen molar-refractivity contribution in [3.63, 3.8) is 0 Å². The molecule has 0 unspecified atom stereocenters. The molecular formula is C12H20N4O2S2. The second kappa shape index (κ2) is 6.19. The van der Waals surface area contributed by atoms with Crippen molar-refractivity contribution < 1.29 is 8.42 Å². The molecule has 2 N–H and O–H groups in total. The number of sulfone groups is 1. The Kier molecular flexibility index (Phi) is 4.77. The monoisotopic (exact) mass is 316 g/mol. The smallest absolute Gasteiger partial charge is 0.183 e. The first-order chi connectivity index (χ1) is 9.49. The van der Waals surface area contributed by atoms with Crippen LogP contribution in [0.1, 0.15) is 31.9 Å². The van der Waals surface area contributed by atoms with Crippen LogP contribution >= 0.6 is 11.8 Å². The zero-order valence-corrected chi connectivity index (χ0v) is 13.4. The number of hydrogen-bond acceptors (Lipinski definition) is 6. The van der Waals surface area contributed by atoms with Crippen molar-refractivity contribution in [1.29, 1.82) is 0 Å². The molecule has 1 aromatic rings. The van der Waals surface area contributed by atoms with Crippen molar-refractivity contribution in [2.45, 2.75) is 42.8 Å². The lowest BCUT2D eigenvalue weighted by Gasteiger charge is -2.19. The van der Waals surface area contributed by atoms with Gasteiger partial charge in [-0.2, -0.15) is 5.10 Å². The van der Waals surface area contributed by atoms with Gasteiger partial charge in [0.25, 0.3) is 0 Å². The van der Waals surface area contributed by atoms with Crippen LogP contribution in [0.4, 0.5) is 0 Å². The van der Waals surface area contributed by atoms with E-state index in [2.05, 4.69) is 12.0 Å². The molecule has 0 amide bonds. The van der Waals surface area contributed by atoms with Crippen LogP contribution in [0.25, 0.3) is 6.08 Å². The summed E-state index contributed by atoms with van der Waals surface area (Å²) in [5.74, 6) is 5.86.